The summed E-state index contributed by atoms with van der Waals surface area (Å²) in [6.07, 6.45) is 7.26. The average molecular weight is 364 g/mol. The monoisotopic (exact) mass is 363 g/mol. The molecule has 0 fully saturated rings. The fourth-order valence-electron chi connectivity index (χ4n) is 1.99. The molecule has 0 radical (unpaired) electrons. The number of allylic oxidation sites excluding steroid dienone is 2. The second-order valence-electron chi connectivity index (χ2n) is 4.92. The van der Waals surface area contributed by atoms with E-state index in [0.29, 0.717) is 22.4 Å². The van der Waals surface area contributed by atoms with Gasteiger partial charge in [0.15, 0.2) is 5.15 Å². The lowest BCUT2D eigenvalue weighted by atomic mass is 10.1. The zero-order valence-corrected chi connectivity index (χ0v) is 14.6. The minimum Gasteiger partial charge on any atom is -0.281 e. The molecular weight excluding hydrogens is 350 g/mol. The molecule has 0 saturated heterocycles. The van der Waals surface area contributed by atoms with Gasteiger partial charge in [-0.2, -0.15) is 10.4 Å². The summed E-state index contributed by atoms with van der Waals surface area (Å²) in [6.45, 7) is 3.75. The molecule has 2 aromatic heterocycles. The average Bonchev–Trinajstić information content (AvgIpc) is 2.86. The van der Waals surface area contributed by atoms with E-state index < -0.39 is 10.0 Å². The van der Waals surface area contributed by atoms with Crippen LogP contribution in [0, 0.1) is 11.3 Å². The second-order valence-corrected chi connectivity index (χ2v) is 7.03. The largest absolute Gasteiger partial charge is 0.281 e. The molecule has 0 amide bonds. The van der Waals surface area contributed by atoms with Crippen molar-refractivity contribution in [2.75, 3.05) is 11.0 Å². The summed E-state index contributed by atoms with van der Waals surface area (Å²) < 4.78 is 26.7. The van der Waals surface area contributed by atoms with Gasteiger partial charge in [0, 0.05) is 18.8 Å². The summed E-state index contributed by atoms with van der Waals surface area (Å²) in [6, 6.07) is 3.61. The second kappa shape index (κ2) is 6.86. The Morgan fingerprint density at radius 1 is 1.50 bits per heavy atom. The van der Waals surface area contributed by atoms with Gasteiger partial charge >= 0.3 is 0 Å². The van der Waals surface area contributed by atoms with Gasteiger partial charge in [0.2, 0.25) is 10.0 Å². The number of nitrogens with zero attached hydrogens (tertiary/aromatic N) is 4. The number of aryl methyl sites for hydroxylation is 1. The summed E-state index contributed by atoms with van der Waals surface area (Å²) >= 11 is 5.93. The van der Waals surface area contributed by atoms with Crippen LogP contribution >= 0.6 is 11.6 Å². The van der Waals surface area contributed by atoms with Gasteiger partial charge in [-0.15, -0.1) is 0 Å². The third kappa shape index (κ3) is 4.01. The minimum absolute atomic E-state index is 0.0332. The molecule has 0 aromatic carbocycles. The zero-order chi connectivity index (χ0) is 17.9. The highest BCUT2D eigenvalue weighted by Gasteiger charge is 2.11. The van der Waals surface area contributed by atoms with Gasteiger partial charge < -0.3 is 0 Å². The highest BCUT2D eigenvalue weighted by molar-refractivity contribution is 7.92. The molecule has 0 saturated carbocycles. The van der Waals surface area contributed by atoms with Crippen LogP contribution in [-0.2, 0) is 17.1 Å². The predicted octanol–water partition coefficient (Wildman–Crippen LogP) is 2.44. The van der Waals surface area contributed by atoms with Crippen molar-refractivity contribution in [1.29, 1.82) is 5.26 Å². The SMILES string of the molecule is C=C/C(=C\c1c(C#N)cnn1C)c1cnc(Cl)c(NS(C)(=O)=O)c1. The molecule has 2 rings (SSSR count). The predicted molar refractivity (Wildman–Crippen MR) is 93.7 cm³/mol. The fraction of sp³-hybridized carbons (Fsp3) is 0.133. The molecule has 2 aromatic rings. The zero-order valence-electron chi connectivity index (χ0n) is 13.0. The van der Waals surface area contributed by atoms with Gasteiger partial charge in [-0.1, -0.05) is 24.3 Å². The molecule has 124 valence electrons. The number of pyridine rings is 1. The molecule has 0 aliphatic carbocycles. The minimum atomic E-state index is -3.49. The molecule has 24 heavy (non-hydrogen) atoms. The highest BCUT2D eigenvalue weighted by atomic mass is 35.5. The van der Waals surface area contributed by atoms with Crippen LogP contribution < -0.4 is 4.72 Å². The first kappa shape index (κ1) is 17.7. The van der Waals surface area contributed by atoms with Crippen LogP contribution in [0.5, 0.6) is 0 Å². The Morgan fingerprint density at radius 3 is 2.79 bits per heavy atom. The maximum atomic E-state index is 11.4. The number of hydrogen-bond acceptors (Lipinski definition) is 5. The molecule has 1 N–H and O–H groups in total. The summed E-state index contributed by atoms with van der Waals surface area (Å²) in [7, 11) is -1.78. The van der Waals surface area contributed by atoms with Crippen molar-refractivity contribution in [2.45, 2.75) is 0 Å². The smallest absolute Gasteiger partial charge is 0.229 e. The molecule has 2 heterocycles. The molecule has 0 bridgehead atoms. The molecule has 0 spiro atoms. The van der Waals surface area contributed by atoms with Gasteiger partial charge in [-0.3, -0.25) is 9.40 Å². The maximum Gasteiger partial charge on any atom is 0.229 e. The van der Waals surface area contributed by atoms with E-state index in [1.54, 1.807) is 29.9 Å². The Kier molecular flexibility index (Phi) is 5.07. The number of anilines is 1. The van der Waals surface area contributed by atoms with Gasteiger partial charge in [-0.25, -0.2) is 13.4 Å². The highest BCUT2D eigenvalue weighted by Crippen LogP contribution is 2.27. The summed E-state index contributed by atoms with van der Waals surface area (Å²) in [5, 5.41) is 13.2. The van der Waals surface area contributed by atoms with E-state index in [9.17, 15) is 8.42 Å². The molecule has 0 unspecified atom stereocenters. The first-order chi connectivity index (χ1) is 11.2. The number of rotatable bonds is 5. The van der Waals surface area contributed by atoms with Crippen molar-refractivity contribution < 1.29 is 8.42 Å². The van der Waals surface area contributed by atoms with Crippen LogP contribution in [0.3, 0.4) is 0 Å². The van der Waals surface area contributed by atoms with E-state index in [-0.39, 0.29) is 10.8 Å². The third-order valence-electron chi connectivity index (χ3n) is 3.08. The Balaban J connectivity index is 2.54. The maximum absolute atomic E-state index is 11.4. The van der Waals surface area contributed by atoms with Crippen LogP contribution in [0.4, 0.5) is 5.69 Å². The van der Waals surface area contributed by atoms with Crippen LogP contribution in [0.15, 0.2) is 31.1 Å². The van der Waals surface area contributed by atoms with Crippen LogP contribution in [0.2, 0.25) is 5.15 Å². The number of sulfonamides is 1. The molecule has 0 aliphatic heterocycles. The van der Waals surface area contributed by atoms with Crippen molar-refractivity contribution >= 4 is 39.0 Å². The Bertz CT molecular complexity index is 970. The van der Waals surface area contributed by atoms with Gasteiger partial charge in [0.1, 0.15) is 6.07 Å². The number of hydrogen-bond donors (Lipinski definition) is 1. The van der Waals surface area contributed by atoms with E-state index >= 15 is 0 Å². The van der Waals surface area contributed by atoms with Gasteiger partial charge in [0.05, 0.1) is 29.4 Å². The number of nitrogens with one attached hydrogen (secondary N) is 1. The first-order valence-electron chi connectivity index (χ1n) is 6.65. The van der Waals surface area contributed by atoms with E-state index in [1.165, 1.54) is 12.4 Å². The lowest BCUT2D eigenvalue weighted by molar-refractivity contribution is 0.607. The van der Waals surface area contributed by atoms with Crippen molar-refractivity contribution in [3.8, 4) is 6.07 Å². The molecule has 0 atom stereocenters. The Hall–Kier alpha value is -2.63. The topological polar surface area (TPSA) is 101 Å². The fourth-order valence-corrected chi connectivity index (χ4v) is 2.75. The first-order valence-corrected chi connectivity index (χ1v) is 8.92. The number of aromatic nitrogens is 3. The lowest BCUT2D eigenvalue weighted by Gasteiger charge is -2.09. The van der Waals surface area contributed by atoms with Crippen molar-refractivity contribution in [1.82, 2.24) is 14.8 Å². The third-order valence-corrected chi connectivity index (χ3v) is 3.98. The van der Waals surface area contributed by atoms with E-state index in [1.807, 2.05) is 0 Å². The van der Waals surface area contributed by atoms with Crippen molar-refractivity contribution in [3.63, 3.8) is 0 Å². The molecule has 7 nitrogen and oxygen atoms in total. The quantitative estimate of drug-likeness (QED) is 0.649. The Morgan fingerprint density at radius 2 is 2.21 bits per heavy atom. The molecule has 9 heteroatoms. The normalized spacial score (nSPS) is 11.8. The van der Waals surface area contributed by atoms with E-state index in [0.717, 1.165) is 6.26 Å². The van der Waals surface area contributed by atoms with Crippen molar-refractivity contribution in [3.05, 3.63) is 53.1 Å². The summed E-state index contributed by atoms with van der Waals surface area (Å²) in [5.74, 6) is 0. The lowest BCUT2D eigenvalue weighted by Crippen LogP contribution is -2.10. The van der Waals surface area contributed by atoms with Crippen LogP contribution in [0.25, 0.3) is 11.6 Å². The van der Waals surface area contributed by atoms with Crippen LogP contribution in [0.1, 0.15) is 16.8 Å². The van der Waals surface area contributed by atoms with E-state index in [2.05, 4.69) is 27.5 Å². The number of halogens is 1. The standard InChI is InChI=1S/C15H14ClN5O2S/c1-4-10(6-14-12(7-17)9-19-21(14)2)11-5-13(15(16)18-8-11)20-24(3,22)23/h4-6,8-9,20H,1H2,2-3H3/b10-6+. The summed E-state index contributed by atoms with van der Waals surface area (Å²) in [4.78, 5) is 3.99. The van der Waals surface area contributed by atoms with Crippen LogP contribution in [-0.4, -0.2) is 29.4 Å². The van der Waals surface area contributed by atoms with E-state index in [4.69, 9.17) is 16.9 Å². The van der Waals surface area contributed by atoms with Gasteiger partial charge in [-0.05, 0) is 17.7 Å². The molecule has 0 aliphatic rings. The van der Waals surface area contributed by atoms with Crippen molar-refractivity contribution in [2.24, 2.45) is 7.05 Å². The van der Waals surface area contributed by atoms with Gasteiger partial charge in [0.25, 0.3) is 0 Å². The number of nitriles is 1. The molecular formula is C15H14ClN5O2S. The Labute approximate surface area is 144 Å². The summed E-state index contributed by atoms with van der Waals surface area (Å²) in [5.41, 5.74) is 2.39.